The van der Waals surface area contributed by atoms with Crippen molar-refractivity contribution in [3.63, 3.8) is 0 Å². The van der Waals surface area contributed by atoms with Crippen LogP contribution in [0.5, 0.6) is 0 Å². The van der Waals surface area contributed by atoms with Crippen molar-refractivity contribution in [2.45, 2.75) is 102 Å². The first kappa shape index (κ1) is 52.5. The van der Waals surface area contributed by atoms with Crippen LogP contribution in [0.1, 0.15) is 71.6 Å². The van der Waals surface area contributed by atoms with Crippen molar-refractivity contribution in [3.05, 3.63) is 50.6 Å². The molecule has 0 spiro atoms. The highest BCUT2D eigenvalue weighted by Crippen LogP contribution is 2.09. The van der Waals surface area contributed by atoms with E-state index in [1.165, 1.54) is 0 Å². The number of nitrogens with two attached hydrogens (primary N) is 1. The van der Waals surface area contributed by atoms with Crippen LogP contribution >= 0.6 is 0 Å². The molecule has 0 fully saturated rings. The summed E-state index contributed by atoms with van der Waals surface area (Å²) in [5, 5.41) is 9.85. The van der Waals surface area contributed by atoms with E-state index in [1.54, 1.807) is 24.3 Å². The van der Waals surface area contributed by atoms with Crippen LogP contribution in [0, 0.1) is 5.92 Å². The molecule has 0 amide bonds. The molecule has 0 saturated carbocycles. The lowest BCUT2D eigenvalue weighted by atomic mass is 10.1. The Morgan fingerprint density at radius 1 is 0.536 bits per heavy atom. The van der Waals surface area contributed by atoms with Crippen molar-refractivity contribution in [2.24, 2.45) is 11.8 Å². The standard InChI is InChI=1S/C40H67NO15/c1-7-11-15-37(43)52-27-33(22-47-20-19-31(5)6)51-30-36(56-41)24-48-23-34(49-25-32(21-42)55-40(46)18-14-10-4)26-50-35(28-53-38(44)16-12-8-2)29-54-39(45)17-13-9-3/h7-10,31-36,42H,1-4,11-30,41H2,5-6H3. The number of carbonyl (C=O) groups excluding carboxylic acids is 4. The zero-order chi connectivity index (χ0) is 41.8. The number of rotatable bonds is 39. The molecule has 0 aromatic rings. The predicted octanol–water partition coefficient (Wildman–Crippen LogP) is 3.88. The minimum absolute atomic E-state index is 0.0370. The van der Waals surface area contributed by atoms with Crippen LogP contribution < -0.4 is 5.90 Å². The minimum atomic E-state index is -0.985. The van der Waals surface area contributed by atoms with Gasteiger partial charge in [0.2, 0.25) is 0 Å². The van der Waals surface area contributed by atoms with Crippen LogP contribution in [0.3, 0.4) is 0 Å². The Balaban J connectivity index is 5.64. The van der Waals surface area contributed by atoms with Gasteiger partial charge in [-0.05, 0) is 38.0 Å². The molecule has 0 heterocycles. The fourth-order valence-electron chi connectivity index (χ4n) is 4.18. The summed E-state index contributed by atoms with van der Waals surface area (Å²) >= 11 is 0. The maximum absolute atomic E-state index is 12.2. The van der Waals surface area contributed by atoms with Gasteiger partial charge in [-0.1, -0.05) is 38.2 Å². The van der Waals surface area contributed by atoms with E-state index in [4.69, 9.17) is 53.4 Å². The lowest BCUT2D eigenvalue weighted by Crippen LogP contribution is -2.38. The molecule has 56 heavy (non-hydrogen) atoms. The molecule has 4 unspecified atom stereocenters. The van der Waals surface area contributed by atoms with Crippen molar-refractivity contribution in [2.75, 3.05) is 72.7 Å². The van der Waals surface area contributed by atoms with E-state index < -0.39 is 61.0 Å². The molecule has 0 aromatic carbocycles. The van der Waals surface area contributed by atoms with Gasteiger partial charge in [0.05, 0.1) is 46.2 Å². The Morgan fingerprint density at radius 3 is 1.34 bits per heavy atom. The van der Waals surface area contributed by atoms with E-state index in [0.29, 0.717) is 38.2 Å². The number of hydrogen-bond donors (Lipinski definition) is 2. The summed E-state index contributed by atoms with van der Waals surface area (Å²) in [5.74, 6) is 4.11. The van der Waals surface area contributed by atoms with Crippen molar-refractivity contribution in [3.8, 4) is 0 Å². The first-order valence-corrected chi connectivity index (χ1v) is 19.1. The third-order valence-corrected chi connectivity index (χ3v) is 7.50. The van der Waals surface area contributed by atoms with Crippen LogP contribution in [-0.4, -0.2) is 132 Å². The molecule has 322 valence electrons. The third-order valence-electron chi connectivity index (χ3n) is 7.50. The smallest absolute Gasteiger partial charge is 0.306 e. The Labute approximate surface area is 332 Å². The zero-order valence-electron chi connectivity index (χ0n) is 33.5. The molecule has 16 nitrogen and oxygen atoms in total. The average Bonchev–Trinajstić information content (AvgIpc) is 3.19. The van der Waals surface area contributed by atoms with Crippen molar-refractivity contribution < 1.29 is 71.8 Å². The molecular weight excluding hydrogens is 734 g/mol. The number of aliphatic hydroxyl groups is 1. The Hall–Kier alpha value is -3.48. The van der Waals surface area contributed by atoms with Crippen molar-refractivity contribution >= 4 is 23.9 Å². The maximum Gasteiger partial charge on any atom is 0.306 e. The van der Waals surface area contributed by atoms with Crippen LogP contribution in [0.2, 0.25) is 0 Å². The lowest BCUT2D eigenvalue weighted by molar-refractivity contribution is -0.167. The highest BCUT2D eigenvalue weighted by Gasteiger charge is 2.23. The second-order valence-electron chi connectivity index (χ2n) is 13.1. The SMILES string of the molecule is C=CCCC(=O)OCC(COCCC(C)C)OCC(COCC(COC(COC(=O)CCC=C)COC(=O)CCC=C)OCC(CO)OC(=O)CCC=C)ON. The highest BCUT2D eigenvalue weighted by molar-refractivity contribution is 5.70. The fourth-order valence-corrected chi connectivity index (χ4v) is 4.18. The average molecular weight is 802 g/mol. The van der Waals surface area contributed by atoms with Crippen LogP contribution in [0.25, 0.3) is 0 Å². The second kappa shape index (κ2) is 35.9. The molecule has 16 heteroatoms. The molecule has 0 bridgehead atoms. The van der Waals surface area contributed by atoms with E-state index in [0.717, 1.165) is 6.42 Å². The molecule has 3 N–H and O–H groups in total. The summed E-state index contributed by atoms with van der Waals surface area (Å²) in [6, 6.07) is 0. The molecule has 0 rings (SSSR count). The van der Waals surface area contributed by atoms with Crippen molar-refractivity contribution in [1.82, 2.24) is 0 Å². The van der Waals surface area contributed by atoms with Crippen LogP contribution in [0.4, 0.5) is 0 Å². The third kappa shape index (κ3) is 30.7. The molecule has 0 saturated heterocycles. The summed E-state index contributed by atoms with van der Waals surface area (Å²) in [5.41, 5.74) is 0. The highest BCUT2D eigenvalue weighted by atomic mass is 16.7. The first-order valence-electron chi connectivity index (χ1n) is 19.1. The van der Waals surface area contributed by atoms with E-state index >= 15 is 0 Å². The number of allylic oxidation sites excluding steroid dienone is 4. The predicted molar refractivity (Wildman–Crippen MR) is 207 cm³/mol. The minimum Gasteiger partial charge on any atom is -0.463 e. The van der Waals surface area contributed by atoms with Gasteiger partial charge in [-0.2, -0.15) is 0 Å². The van der Waals surface area contributed by atoms with Gasteiger partial charge in [-0.25, -0.2) is 5.90 Å². The molecule has 0 aromatic heterocycles. The van der Waals surface area contributed by atoms with Gasteiger partial charge in [0.25, 0.3) is 0 Å². The number of carbonyl (C=O) groups is 4. The van der Waals surface area contributed by atoms with E-state index in [2.05, 4.69) is 40.2 Å². The molecular formula is C40H67NO15. The fraction of sp³-hybridized carbons (Fsp3) is 0.700. The molecule has 4 atom stereocenters. The number of ether oxygens (including phenoxy) is 9. The molecule has 0 aliphatic heterocycles. The molecule has 0 aliphatic carbocycles. The van der Waals surface area contributed by atoms with Gasteiger partial charge in [0, 0.05) is 32.3 Å². The van der Waals surface area contributed by atoms with E-state index in [9.17, 15) is 24.3 Å². The van der Waals surface area contributed by atoms with E-state index in [1.807, 2.05) is 0 Å². The van der Waals surface area contributed by atoms with Gasteiger partial charge in [0.15, 0.2) is 0 Å². The Morgan fingerprint density at radius 2 is 0.911 bits per heavy atom. The Bertz CT molecular complexity index is 1070. The van der Waals surface area contributed by atoms with Gasteiger partial charge in [-0.15, -0.1) is 26.3 Å². The van der Waals surface area contributed by atoms with Crippen LogP contribution in [-0.2, 0) is 66.6 Å². The Kier molecular flexibility index (Phi) is 33.7. The van der Waals surface area contributed by atoms with Gasteiger partial charge < -0.3 is 47.7 Å². The molecule has 0 radical (unpaired) electrons. The summed E-state index contributed by atoms with van der Waals surface area (Å²) in [6.45, 7) is 17.7. The van der Waals surface area contributed by atoms with Gasteiger partial charge in [-0.3, -0.25) is 24.0 Å². The zero-order valence-corrected chi connectivity index (χ0v) is 33.5. The normalized spacial score (nSPS) is 13.3. The first-order chi connectivity index (χ1) is 27.0. The second-order valence-corrected chi connectivity index (χ2v) is 13.1. The van der Waals surface area contributed by atoms with E-state index in [-0.39, 0.29) is 85.1 Å². The number of hydrogen-bond acceptors (Lipinski definition) is 16. The quantitative estimate of drug-likeness (QED) is 0.0297. The largest absolute Gasteiger partial charge is 0.463 e. The lowest BCUT2D eigenvalue weighted by Gasteiger charge is -2.25. The van der Waals surface area contributed by atoms with Crippen molar-refractivity contribution in [1.29, 1.82) is 0 Å². The van der Waals surface area contributed by atoms with Gasteiger partial charge in [0.1, 0.15) is 50.3 Å². The summed E-state index contributed by atoms with van der Waals surface area (Å²) in [7, 11) is 0. The number of aliphatic hydroxyl groups excluding tert-OH is 1. The molecule has 0 aliphatic rings. The summed E-state index contributed by atoms with van der Waals surface area (Å²) in [4.78, 5) is 53.7. The maximum atomic E-state index is 12.2. The summed E-state index contributed by atoms with van der Waals surface area (Å²) < 4.78 is 50.9. The number of esters is 4. The monoisotopic (exact) mass is 801 g/mol. The van der Waals surface area contributed by atoms with Gasteiger partial charge >= 0.3 is 23.9 Å². The van der Waals surface area contributed by atoms with Crippen LogP contribution in [0.15, 0.2) is 50.6 Å². The summed E-state index contributed by atoms with van der Waals surface area (Å²) in [6.07, 6.45) is 5.43. The topological polar surface area (TPSA) is 207 Å².